The molecule has 4 heterocycles. The van der Waals surface area contributed by atoms with E-state index in [4.69, 9.17) is 14.8 Å². The number of urea groups is 1. The number of anilines is 3. The first-order valence-corrected chi connectivity index (χ1v) is 12.0. The molecule has 0 spiro atoms. The summed E-state index contributed by atoms with van der Waals surface area (Å²) in [5.74, 6) is 0.732. The van der Waals surface area contributed by atoms with Gasteiger partial charge in [0.1, 0.15) is 0 Å². The van der Waals surface area contributed by atoms with Crippen LogP contribution in [-0.2, 0) is 6.18 Å². The third-order valence-corrected chi connectivity index (χ3v) is 6.49. The van der Waals surface area contributed by atoms with Crippen molar-refractivity contribution in [3.8, 4) is 17.1 Å². The van der Waals surface area contributed by atoms with Crippen molar-refractivity contribution in [2.24, 2.45) is 0 Å². The molecule has 194 valence electrons. The van der Waals surface area contributed by atoms with Crippen molar-refractivity contribution in [3.05, 3.63) is 59.8 Å². The van der Waals surface area contributed by atoms with Gasteiger partial charge >= 0.3 is 12.2 Å². The number of alkyl halides is 3. The Balaban J connectivity index is 1.47. The molecule has 3 aromatic rings. The molecule has 0 aliphatic carbocycles. The topological polar surface area (TPSA) is 90.8 Å². The number of carbonyl (C=O) groups is 1. The molecule has 2 aliphatic heterocycles. The van der Waals surface area contributed by atoms with Crippen molar-refractivity contribution in [1.82, 2.24) is 9.97 Å². The molecule has 1 unspecified atom stereocenters. The first-order chi connectivity index (χ1) is 17.7. The number of nitrogens with zero attached hydrogens (tertiary/aromatic N) is 4. The maximum atomic E-state index is 13.5. The summed E-state index contributed by atoms with van der Waals surface area (Å²) in [6, 6.07) is 9.66. The fourth-order valence-corrected chi connectivity index (χ4v) is 4.73. The number of halogens is 3. The van der Waals surface area contributed by atoms with Crippen LogP contribution >= 0.6 is 0 Å². The third-order valence-electron chi connectivity index (χ3n) is 6.49. The predicted molar refractivity (Wildman–Crippen MR) is 133 cm³/mol. The highest BCUT2D eigenvalue weighted by molar-refractivity contribution is 6.05. The number of aliphatic hydroxyl groups is 1. The van der Waals surface area contributed by atoms with Gasteiger partial charge in [0.05, 0.1) is 29.6 Å². The molecule has 0 saturated carbocycles. The van der Waals surface area contributed by atoms with E-state index in [1.54, 1.807) is 23.1 Å². The van der Waals surface area contributed by atoms with E-state index >= 15 is 0 Å². The minimum absolute atomic E-state index is 0.00182. The molecule has 5 rings (SSSR count). The Morgan fingerprint density at radius 3 is 2.86 bits per heavy atom. The van der Waals surface area contributed by atoms with Crippen molar-refractivity contribution in [2.75, 3.05) is 41.4 Å². The standard InChI is InChI=1S/C26H26F3N5O3/c1-16-12-21-24(32-23(16)17-4-2-5-18(13-17)26(27,28)29)34(20-7-9-33(21)15-20)25(36)31-19-6-8-30-22(14-19)37-11-3-10-35/h2,4-6,8,12-14,20,35H,3,7,9-11,15H2,1H3,(H,30,31,36). The van der Waals surface area contributed by atoms with E-state index in [-0.39, 0.29) is 12.6 Å². The number of rotatable bonds is 6. The van der Waals surface area contributed by atoms with Gasteiger partial charge in [-0.2, -0.15) is 13.2 Å². The van der Waals surface area contributed by atoms with Crippen LogP contribution < -0.4 is 19.9 Å². The molecule has 1 atom stereocenters. The fourth-order valence-electron chi connectivity index (χ4n) is 4.73. The van der Waals surface area contributed by atoms with Crippen molar-refractivity contribution in [2.45, 2.75) is 32.0 Å². The lowest BCUT2D eigenvalue weighted by Gasteiger charge is -2.36. The Labute approximate surface area is 211 Å². The van der Waals surface area contributed by atoms with Gasteiger partial charge < -0.3 is 20.1 Å². The zero-order valence-corrected chi connectivity index (χ0v) is 20.1. The average Bonchev–Trinajstić information content (AvgIpc) is 3.29. The molecule has 1 aromatic carbocycles. The Morgan fingerprint density at radius 2 is 2.08 bits per heavy atom. The van der Waals surface area contributed by atoms with E-state index < -0.39 is 17.8 Å². The molecular weight excluding hydrogens is 487 g/mol. The van der Waals surface area contributed by atoms with Gasteiger partial charge in [0.25, 0.3) is 0 Å². The molecule has 11 heteroatoms. The summed E-state index contributed by atoms with van der Waals surface area (Å²) in [4.78, 5) is 26.1. The van der Waals surface area contributed by atoms with Crippen molar-refractivity contribution in [1.29, 1.82) is 0 Å². The van der Waals surface area contributed by atoms with Crippen molar-refractivity contribution >= 4 is 23.2 Å². The minimum Gasteiger partial charge on any atom is -0.478 e. The van der Waals surface area contributed by atoms with E-state index in [2.05, 4.69) is 15.2 Å². The van der Waals surface area contributed by atoms with Crippen LogP contribution in [0.25, 0.3) is 11.3 Å². The number of carbonyl (C=O) groups excluding carboxylic acids is 1. The van der Waals surface area contributed by atoms with Gasteiger partial charge in [-0.25, -0.2) is 14.8 Å². The number of hydrogen-bond donors (Lipinski definition) is 2. The summed E-state index contributed by atoms with van der Waals surface area (Å²) in [5.41, 5.74) is 1.96. The molecule has 0 radical (unpaired) electrons. The Hall–Kier alpha value is -3.86. The molecule has 2 amide bonds. The van der Waals surface area contributed by atoms with Crippen LogP contribution in [0.5, 0.6) is 5.88 Å². The number of aromatic nitrogens is 2. The van der Waals surface area contributed by atoms with Crippen LogP contribution in [0.15, 0.2) is 48.7 Å². The second-order valence-corrected chi connectivity index (χ2v) is 9.07. The summed E-state index contributed by atoms with van der Waals surface area (Å²) in [6.07, 6.45) is -1.76. The molecule has 37 heavy (non-hydrogen) atoms. The molecule has 1 saturated heterocycles. The number of hydrogen-bond acceptors (Lipinski definition) is 6. The molecule has 2 aliphatic rings. The van der Waals surface area contributed by atoms with Crippen molar-refractivity contribution < 1.29 is 27.8 Å². The number of amides is 2. The fraction of sp³-hybridized carbons (Fsp3) is 0.346. The third kappa shape index (κ3) is 5.04. The van der Waals surface area contributed by atoms with Gasteiger partial charge in [-0.15, -0.1) is 0 Å². The smallest absolute Gasteiger partial charge is 0.416 e. The quantitative estimate of drug-likeness (QED) is 0.458. The number of aryl methyl sites for hydroxylation is 1. The number of pyridine rings is 2. The highest BCUT2D eigenvalue weighted by Gasteiger charge is 2.41. The van der Waals surface area contributed by atoms with E-state index in [0.717, 1.165) is 36.3 Å². The number of aliphatic hydroxyl groups excluding tert-OH is 1. The zero-order chi connectivity index (χ0) is 26.2. The van der Waals surface area contributed by atoms with E-state index in [0.29, 0.717) is 48.2 Å². The van der Waals surface area contributed by atoms with E-state index in [1.165, 1.54) is 12.3 Å². The average molecular weight is 514 g/mol. The minimum atomic E-state index is -4.47. The monoisotopic (exact) mass is 513 g/mol. The molecule has 1 fully saturated rings. The SMILES string of the molecule is Cc1cc2c(nc1-c1cccc(C(F)(F)F)c1)N(C(=O)Nc1ccnc(OCCCO)c1)C1CCN2C1. The van der Waals surface area contributed by atoms with Gasteiger partial charge in [-0.3, -0.25) is 4.90 Å². The molecule has 8 nitrogen and oxygen atoms in total. The van der Waals surface area contributed by atoms with Crippen LogP contribution in [0.3, 0.4) is 0 Å². The van der Waals surface area contributed by atoms with Crippen LogP contribution in [0, 0.1) is 6.92 Å². The van der Waals surface area contributed by atoms with Crippen molar-refractivity contribution in [3.63, 3.8) is 0 Å². The number of fused-ring (bicyclic) bond motifs is 4. The van der Waals surface area contributed by atoms with E-state index in [1.807, 2.05) is 13.0 Å². The van der Waals surface area contributed by atoms with Gasteiger partial charge in [0, 0.05) is 49.6 Å². The lowest BCUT2D eigenvalue weighted by atomic mass is 10.0. The summed E-state index contributed by atoms with van der Waals surface area (Å²) < 4.78 is 45.5. The predicted octanol–water partition coefficient (Wildman–Crippen LogP) is 4.86. The number of benzene rings is 1. The second-order valence-electron chi connectivity index (χ2n) is 9.07. The first kappa shape index (κ1) is 24.8. The van der Waals surface area contributed by atoms with Gasteiger partial charge in [0.2, 0.25) is 5.88 Å². The lowest BCUT2D eigenvalue weighted by Crippen LogP contribution is -2.48. The van der Waals surface area contributed by atoms with Crippen LogP contribution in [0.2, 0.25) is 0 Å². The Morgan fingerprint density at radius 1 is 1.24 bits per heavy atom. The Bertz CT molecular complexity index is 1320. The summed E-state index contributed by atoms with van der Waals surface area (Å²) in [6.45, 7) is 3.50. The maximum Gasteiger partial charge on any atom is 0.416 e. The molecule has 2 aromatic heterocycles. The van der Waals surface area contributed by atoms with Crippen LogP contribution in [-0.4, -0.2) is 53.5 Å². The molecular formula is C26H26F3N5O3. The summed E-state index contributed by atoms with van der Waals surface area (Å²) >= 11 is 0. The van der Waals surface area contributed by atoms with Gasteiger partial charge in [-0.05, 0) is 43.2 Å². The highest BCUT2D eigenvalue weighted by Crippen LogP contribution is 2.42. The van der Waals surface area contributed by atoms with Crippen LogP contribution in [0.1, 0.15) is 24.0 Å². The number of nitrogens with one attached hydrogen (secondary N) is 1. The number of ether oxygens (including phenoxy) is 1. The largest absolute Gasteiger partial charge is 0.478 e. The molecule has 2 N–H and O–H groups in total. The van der Waals surface area contributed by atoms with Gasteiger partial charge in [-0.1, -0.05) is 12.1 Å². The zero-order valence-electron chi connectivity index (χ0n) is 20.1. The highest BCUT2D eigenvalue weighted by atomic mass is 19.4. The summed E-state index contributed by atoms with van der Waals surface area (Å²) in [5, 5.41) is 11.8. The van der Waals surface area contributed by atoms with Crippen LogP contribution in [0.4, 0.5) is 35.2 Å². The lowest BCUT2D eigenvalue weighted by molar-refractivity contribution is -0.137. The summed E-state index contributed by atoms with van der Waals surface area (Å²) in [7, 11) is 0. The Kier molecular flexibility index (Phi) is 6.63. The first-order valence-electron chi connectivity index (χ1n) is 12.0. The normalized spacial score (nSPS) is 16.5. The maximum absolute atomic E-state index is 13.5. The van der Waals surface area contributed by atoms with Gasteiger partial charge in [0.15, 0.2) is 5.82 Å². The van der Waals surface area contributed by atoms with E-state index in [9.17, 15) is 18.0 Å². The second kappa shape index (κ2) is 9.89. The molecule has 2 bridgehead atoms.